The summed E-state index contributed by atoms with van der Waals surface area (Å²) < 4.78 is 36.7. The van der Waals surface area contributed by atoms with Crippen molar-refractivity contribution in [3.05, 3.63) is 48.0 Å². The molecule has 8 nitrogen and oxygen atoms in total. The number of anilines is 1. The van der Waals surface area contributed by atoms with E-state index >= 15 is 0 Å². The number of carbonyl (C=O) groups excluding carboxylic acids is 1. The summed E-state index contributed by atoms with van der Waals surface area (Å²) in [7, 11) is 2.23. The van der Waals surface area contributed by atoms with E-state index < -0.39 is 10.0 Å². The molecule has 168 valence electrons. The van der Waals surface area contributed by atoms with Gasteiger partial charge in [-0.25, -0.2) is 12.7 Å². The first-order chi connectivity index (χ1) is 14.7. The molecular weight excluding hydrogens is 418 g/mol. The van der Waals surface area contributed by atoms with Gasteiger partial charge in [-0.3, -0.25) is 9.69 Å². The number of rotatable bonds is 10. The molecule has 1 saturated carbocycles. The van der Waals surface area contributed by atoms with Gasteiger partial charge in [-0.2, -0.15) is 0 Å². The Labute approximate surface area is 183 Å². The molecule has 1 aliphatic rings. The molecule has 0 atom stereocenters. The average molecular weight is 448 g/mol. The first kappa shape index (κ1) is 23.1. The Balaban J connectivity index is 1.71. The highest BCUT2D eigenvalue weighted by molar-refractivity contribution is 7.89. The molecule has 0 aliphatic heterocycles. The molecule has 1 fully saturated rings. The zero-order chi connectivity index (χ0) is 22.6. The van der Waals surface area contributed by atoms with E-state index in [1.807, 2.05) is 24.3 Å². The van der Waals surface area contributed by atoms with E-state index in [-0.39, 0.29) is 23.1 Å². The molecule has 9 heteroatoms. The van der Waals surface area contributed by atoms with Gasteiger partial charge in [0.1, 0.15) is 16.4 Å². The number of hydrogen-bond donors (Lipinski definition) is 1. The highest BCUT2D eigenvalue weighted by Gasteiger charge is 2.30. The second-order valence-electron chi connectivity index (χ2n) is 7.69. The number of carbonyl (C=O) groups is 1. The van der Waals surface area contributed by atoms with E-state index in [0.29, 0.717) is 18.3 Å². The first-order valence-corrected chi connectivity index (χ1v) is 11.5. The maximum Gasteiger partial charge on any atom is 0.246 e. The van der Waals surface area contributed by atoms with Crippen LogP contribution in [-0.4, -0.2) is 64.4 Å². The predicted octanol–water partition coefficient (Wildman–Crippen LogP) is 2.56. The number of hydrogen-bond acceptors (Lipinski definition) is 6. The highest BCUT2D eigenvalue weighted by atomic mass is 32.2. The summed E-state index contributed by atoms with van der Waals surface area (Å²) in [6, 6.07) is 12.8. The maximum atomic E-state index is 12.7. The van der Waals surface area contributed by atoms with Gasteiger partial charge in [0, 0.05) is 32.4 Å². The van der Waals surface area contributed by atoms with Gasteiger partial charge in [-0.15, -0.1) is 0 Å². The minimum Gasteiger partial charge on any atom is -0.497 e. The molecule has 0 bridgehead atoms. The fraction of sp³-hybridized carbons (Fsp3) is 0.409. The Morgan fingerprint density at radius 1 is 1.06 bits per heavy atom. The first-order valence-electron chi connectivity index (χ1n) is 10.0. The Hall–Kier alpha value is -2.62. The number of sulfonamides is 1. The topological polar surface area (TPSA) is 88.2 Å². The van der Waals surface area contributed by atoms with E-state index in [1.165, 1.54) is 27.3 Å². The summed E-state index contributed by atoms with van der Waals surface area (Å²) in [5.41, 5.74) is 1.51. The molecule has 2 aromatic rings. The molecule has 0 saturated heterocycles. The van der Waals surface area contributed by atoms with Crippen LogP contribution < -0.4 is 14.8 Å². The minimum absolute atomic E-state index is 0.00934. The van der Waals surface area contributed by atoms with Gasteiger partial charge >= 0.3 is 0 Å². The lowest BCUT2D eigenvalue weighted by atomic mass is 10.2. The molecule has 0 unspecified atom stereocenters. The molecular formula is C22H29N3O5S. The molecule has 0 spiro atoms. The summed E-state index contributed by atoms with van der Waals surface area (Å²) in [5, 5.41) is 2.82. The Bertz CT molecular complexity index is 1020. The molecule has 3 rings (SSSR count). The van der Waals surface area contributed by atoms with Crippen molar-refractivity contribution in [1.29, 1.82) is 0 Å². The van der Waals surface area contributed by atoms with Crippen LogP contribution in [0.4, 0.5) is 5.69 Å². The quantitative estimate of drug-likeness (QED) is 0.602. The summed E-state index contributed by atoms with van der Waals surface area (Å²) in [6.45, 7) is 0.878. The van der Waals surface area contributed by atoms with Crippen molar-refractivity contribution in [2.45, 2.75) is 30.3 Å². The molecule has 0 heterocycles. The third-order valence-corrected chi connectivity index (χ3v) is 7.00. The van der Waals surface area contributed by atoms with Gasteiger partial charge in [0.2, 0.25) is 15.9 Å². The van der Waals surface area contributed by atoms with E-state index in [2.05, 4.69) is 10.2 Å². The van der Waals surface area contributed by atoms with E-state index in [0.717, 1.165) is 28.5 Å². The van der Waals surface area contributed by atoms with Crippen molar-refractivity contribution >= 4 is 21.6 Å². The van der Waals surface area contributed by atoms with E-state index in [9.17, 15) is 13.2 Å². The zero-order valence-corrected chi connectivity index (χ0v) is 19.1. The fourth-order valence-electron chi connectivity index (χ4n) is 3.26. The van der Waals surface area contributed by atoms with Crippen LogP contribution in [0.1, 0.15) is 18.4 Å². The van der Waals surface area contributed by atoms with Gasteiger partial charge in [-0.05, 0) is 48.7 Å². The number of methoxy groups -OCH3 is 2. The van der Waals surface area contributed by atoms with Gasteiger partial charge in [0.15, 0.2) is 0 Å². The van der Waals surface area contributed by atoms with Gasteiger partial charge in [-0.1, -0.05) is 12.1 Å². The standard InChI is InChI=1S/C22H29N3O5S/c1-24(2)31(27,28)21-13-17(7-12-20(21)30-4)23-22(26)15-25(18-8-9-18)14-16-5-10-19(29-3)11-6-16/h5-7,10-13,18H,8-9,14-15H2,1-4H3,(H,23,26). The van der Waals surface area contributed by atoms with Crippen molar-refractivity contribution < 1.29 is 22.7 Å². The van der Waals surface area contributed by atoms with Crippen LogP contribution in [0, 0.1) is 0 Å². The summed E-state index contributed by atoms with van der Waals surface area (Å²) >= 11 is 0. The van der Waals surface area contributed by atoms with Crippen LogP contribution in [0.2, 0.25) is 0 Å². The largest absolute Gasteiger partial charge is 0.497 e. The molecule has 1 N–H and O–H groups in total. The van der Waals surface area contributed by atoms with Crippen molar-refractivity contribution in [1.82, 2.24) is 9.21 Å². The van der Waals surface area contributed by atoms with Crippen molar-refractivity contribution in [3.8, 4) is 11.5 Å². The zero-order valence-electron chi connectivity index (χ0n) is 18.3. The van der Waals surface area contributed by atoms with Crippen LogP contribution >= 0.6 is 0 Å². The molecule has 0 aromatic heterocycles. The van der Waals surface area contributed by atoms with Gasteiger partial charge in [0.05, 0.1) is 20.8 Å². The third-order valence-electron chi connectivity index (χ3n) is 5.16. The van der Waals surface area contributed by atoms with Gasteiger partial charge in [0.25, 0.3) is 0 Å². The fourth-order valence-corrected chi connectivity index (χ4v) is 4.33. The molecule has 1 amide bonds. The lowest BCUT2D eigenvalue weighted by Gasteiger charge is -2.22. The normalized spacial score (nSPS) is 14.0. The van der Waals surface area contributed by atoms with E-state index in [1.54, 1.807) is 19.2 Å². The maximum absolute atomic E-state index is 12.7. The van der Waals surface area contributed by atoms with Crippen molar-refractivity contribution in [3.63, 3.8) is 0 Å². The SMILES string of the molecule is COc1ccc(CN(CC(=O)Nc2ccc(OC)c(S(=O)(=O)N(C)C)c2)C2CC2)cc1. The van der Waals surface area contributed by atoms with Crippen LogP contribution in [0.3, 0.4) is 0 Å². The number of benzene rings is 2. The summed E-state index contributed by atoms with van der Waals surface area (Å²) in [5.74, 6) is 0.826. The molecule has 31 heavy (non-hydrogen) atoms. The Kier molecular flexibility index (Phi) is 7.19. The highest BCUT2D eigenvalue weighted by Crippen LogP contribution is 2.30. The van der Waals surface area contributed by atoms with Crippen molar-refractivity contribution in [2.24, 2.45) is 0 Å². The van der Waals surface area contributed by atoms with Crippen LogP contribution in [0.25, 0.3) is 0 Å². The van der Waals surface area contributed by atoms with E-state index in [4.69, 9.17) is 9.47 Å². The van der Waals surface area contributed by atoms with Crippen LogP contribution in [-0.2, 0) is 21.4 Å². The summed E-state index contributed by atoms with van der Waals surface area (Å²) in [4.78, 5) is 14.9. The third kappa shape index (κ3) is 5.75. The average Bonchev–Trinajstić information content (AvgIpc) is 3.59. The number of ether oxygens (including phenoxy) is 2. The Morgan fingerprint density at radius 2 is 1.74 bits per heavy atom. The number of amides is 1. The van der Waals surface area contributed by atoms with Crippen LogP contribution in [0.5, 0.6) is 11.5 Å². The smallest absolute Gasteiger partial charge is 0.246 e. The lowest BCUT2D eigenvalue weighted by Crippen LogP contribution is -2.34. The number of nitrogens with one attached hydrogen (secondary N) is 1. The molecule has 0 radical (unpaired) electrons. The van der Waals surface area contributed by atoms with Crippen molar-refractivity contribution in [2.75, 3.05) is 40.2 Å². The monoisotopic (exact) mass is 447 g/mol. The van der Waals surface area contributed by atoms with Gasteiger partial charge < -0.3 is 14.8 Å². The predicted molar refractivity (Wildman–Crippen MR) is 119 cm³/mol. The van der Waals surface area contributed by atoms with Crippen LogP contribution in [0.15, 0.2) is 47.4 Å². The second kappa shape index (κ2) is 9.67. The lowest BCUT2D eigenvalue weighted by molar-refractivity contribution is -0.117. The number of nitrogens with zero attached hydrogens (tertiary/aromatic N) is 2. The summed E-state index contributed by atoms with van der Waals surface area (Å²) in [6.07, 6.45) is 2.13. The molecule has 2 aromatic carbocycles. The Morgan fingerprint density at radius 3 is 2.29 bits per heavy atom. The molecule has 1 aliphatic carbocycles. The minimum atomic E-state index is -3.71. The second-order valence-corrected chi connectivity index (χ2v) is 9.81.